The molecule has 0 fully saturated rings. The van der Waals surface area contributed by atoms with Gasteiger partial charge in [-0.15, -0.1) is 0 Å². The third-order valence-corrected chi connectivity index (χ3v) is 4.68. The first-order valence-electron chi connectivity index (χ1n) is 5.82. The maximum Gasteiger partial charge on any atom is 0.416 e. The summed E-state index contributed by atoms with van der Waals surface area (Å²) in [5.41, 5.74) is -1.48. The van der Waals surface area contributed by atoms with E-state index in [4.69, 9.17) is 0 Å². The van der Waals surface area contributed by atoms with Crippen LogP contribution in [0.4, 0.5) is 35.1 Å². The maximum atomic E-state index is 13.6. The third kappa shape index (κ3) is 2.83. The molecule has 24 heavy (non-hydrogen) atoms. The highest BCUT2D eigenvalue weighted by Gasteiger charge is 2.36. The molecule has 0 spiro atoms. The number of benzene rings is 2. The van der Waals surface area contributed by atoms with Gasteiger partial charge in [0.15, 0.2) is 23.3 Å². The molecule has 130 valence electrons. The molecule has 0 bridgehead atoms. The molecule has 0 radical (unpaired) electrons. The summed E-state index contributed by atoms with van der Waals surface area (Å²) in [5, 5.41) is 0. The maximum absolute atomic E-state index is 13.6. The number of sulfone groups is 1. The molecule has 0 aromatic heterocycles. The van der Waals surface area contributed by atoms with Crippen molar-refractivity contribution < 1.29 is 43.5 Å². The van der Waals surface area contributed by atoms with E-state index in [0.717, 1.165) is 0 Å². The number of hydrogen-bond donors (Lipinski definition) is 0. The van der Waals surface area contributed by atoms with Crippen LogP contribution in [0.25, 0.3) is 0 Å². The molecule has 2 nitrogen and oxygen atoms in total. The average Bonchev–Trinajstić information content (AvgIpc) is 2.50. The zero-order valence-corrected chi connectivity index (χ0v) is 11.9. The Kier molecular flexibility index (Phi) is 4.33. The predicted octanol–water partition coefficient (Wildman–Crippen LogP) is 4.23. The highest BCUT2D eigenvalue weighted by molar-refractivity contribution is 7.91. The van der Waals surface area contributed by atoms with Gasteiger partial charge in [0, 0.05) is 0 Å². The Bertz CT molecular complexity index is 889. The summed E-state index contributed by atoms with van der Waals surface area (Å²) >= 11 is 0. The summed E-state index contributed by atoms with van der Waals surface area (Å²) < 4.78 is 128. The van der Waals surface area contributed by atoms with Crippen molar-refractivity contribution >= 4 is 9.84 Å². The van der Waals surface area contributed by atoms with Gasteiger partial charge in [0.25, 0.3) is 0 Å². The second-order valence-corrected chi connectivity index (χ2v) is 6.31. The zero-order valence-electron chi connectivity index (χ0n) is 11.1. The van der Waals surface area contributed by atoms with E-state index in [0.29, 0.717) is 18.2 Å². The number of halogens is 8. The van der Waals surface area contributed by atoms with Crippen molar-refractivity contribution in [1.29, 1.82) is 0 Å². The zero-order chi connectivity index (χ0) is 18.4. The molecule has 11 heteroatoms. The predicted molar refractivity (Wildman–Crippen MR) is 63.1 cm³/mol. The van der Waals surface area contributed by atoms with E-state index in [-0.39, 0.29) is 6.07 Å². The minimum atomic E-state index is -5.44. The van der Waals surface area contributed by atoms with Crippen molar-refractivity contribution in [3.8, 4) is 0 Å². The molecular formula is C13H4F8O2S. The normalized spacial score (nSPS) is 12.5. The summed E-state index contributed by atoms with van der Waals surface area (Å²) in [6.07, 6.45) is -4.98. The van der Waals surface area contributed by atoms with Crippen molar-refractivity contribution in [2.24, 2.45) is 0 Å². The van der Waals surface area contributed by atoms with Crippen LogP contribution in [0, 0.1) is 29.1 Å². The Labute approximate surface area is 129 Å². The SMILES string of the molecule is O=S(=O)(c1cccc(C(F)(F)F)c1)c1c(F)c(F)c(F)c(F)c1F. The van der Waals surface area contributed by atoms with Gasteiger partial charge in [-0.1, -0.05) is 6.07 Å². The number of hydrogen-bond acceptors (Lipinski definition) is 2. The van der Waals surface area contributed by atoms with Crippen LogP contribution in [-0.2, 0) is 16.0 Å². The van der Waals surface area contributed by atoms with E-state index in [2.05, 4.69) is 0 Å². The largest absolute Gasteiger partial charge is 0.416 e. The molecule has 0 saturated carbocycles. The van der Waals surface area contributed by atoms with Crippen molar-refractivity contribution in [2.75, 3.05) is 0 Å². The lowest BCUT2D eigenvalue weighted by Crippen LogP contribution is -2.14. The lowest BCUT2D eigenvalue weighted by atomic mass is 10.2. The Morgan fingerprint density at radius 3 is 1.67 bits per heavy atom. The third-order valence-electron chi connectivity index (χ3n) is 2.91. The van der Waals surface area contributed by atoms with Crippen molar-refractivity contribution in [1.82, 2.24) is 0 Å². The first-order chi connectivity index (χ1) is 10.9. The summed E-state index contributed by atoms with van der Waals surface area (Å²) in [4.78, 5) is -3.50. The van der Waals surface area contributed by atoms with E-state index in [1.165, 1.54) is 0 Å². The van der Waals surface area contributed by atoms with Gasteiger partial charge in [-0.3, -0.25) is 0 Å². The molecular weight excluding hydrogens is 372 g/mol. The first kappa shape index (κ1) is 18.2. The van der Waals surface area contributed by atoms with Crippen LogP contribution < -0.4 is 0 Å². The Morgan fingerprint density at radius 1 is 0.750 bits per heavy atom. The average molecular weight is 376 g/mol. The second kappa shape index (κ2) is 5.72. The molecule has 0 N–H and O–H groups in total. The number of rotatable bonds is 2. The van der Waals surface area contributed by atoms with Crippen LogP contribution in [0.3, 0.4) is 0 Å². The van der Waals surface area contributed by atoms with Crippen LogP contribution in [0.2, 0.25) is 0 Å². The van der Waals surface area contributed by atoms with Crippen molar-refractivity contribution in [3.05, 3.63) is 58.9 Å². The van der Waals surface area contributed by atoms with Gasteiger partial charge in [-0.25, -0.2) is 30.4 Å². The summed E-state index contributed by atoms with van der Waals surface area (Å²) in [7, 11) is -5.44. The van der Waals surface area contributed by atoms with Crippen molar-refractivity contribution in [3.63, 3.8) is 0 Å². The summed E-state index contributed by atoms with van der Waals surface area (Å²) in [5.74, 6) is -13.0. The highest BCUT2D eigenvalue weighted by atomic mass is 32.2. The Balaban J connectivity index is 2.79. The van der Waals surface area contributed by atoms with Gasteiger partial charge < -0.3 is 0 Å². The fourth-order valence-electron chi connectivity index (χ4n) is 1.78. The van der Waals surface area contributed by atoms with Crippen LogP contribution in [-0.4, -0.2) is 8.42 Å². The lowest BCUT2D eigenvalue weighted by molar-refractivity contribution is -0.137. The molecule has 0 unspecified atom stereocenters. The van der Waals surface area contributed by atoms with Gasteiger partial charge in [-0.05, 0) is 18.2 Å². The molecule has 0 aliphatic rings. The van der Waals surface area contributed by atoms with E-state index in [1.54, 1.807) is 0 Å². The van der Waals surface area contributed by atoms with Gasteiger partial charge in [0.2, 0.25) is 15.7 Å². The topological polar surface area (TPSA) is 34.1 Å². The van der Waals surface area contributed by atoms with E-state index in [1.807, 2.05) is 0 Å². The second-order valence-electron chi connectivity index (χ2n) is 4.43. The van der Waals surface area contributed by atoms with Crippen LogP contribution in [0.5, 0.6) is 0 Å². The lowest BCUT2D eigenvalue weighted by Gasteiger charge is -2.11. The monoisotopic (exact) mass is 376 g/mol. The Hall–Kier alpha value is -2.17. The molecule has 0 aliphatic carbocycles. The van der Waals surface area contributed by atoms with E-state index < -0.39 is 60.5 Å². The quantitative estimate of drug-likeness (QED) is 0.340. The van der Waals surface area contributed by atoms with E-state index in [9.17, 15) is 43.5 Å². The minimum absolute atomic E-state index is 0.0212. The number of alkyl halides is 3. The van der Waals surface area contributed by atoms with Gasteiger partial charge >= 0.3 is 6.18 Å². The van der Waals surface area contributed by atoms with E-state index >= 15 is 0 Å². The standard InChI is InChI=1S/C13H4F8O2S/c14-7-8(15)10(17)12(11(18)9(7)16)24(22,23)6-3-1-2-5(4-6)13(19,20)21/h1-4H. The van der Waals surface area contributed by atoms with Gasteiger partial charge in [-0.2, -0.15) is 13.2 Å². The smallest absolute Gasteiger partial charge is 0.218 e. The molecule has 2 aromatic carbocycles. The first-order valence-corrected chi connectivity index (χ1v) is 7.31. The minimum Gasteiger partial charge on any atom is -0.218 e. The van der Waals surface area contributed by atoms with Gasteiger partial charge in [0.1, 0.15) is 4.90 Å². The van der Waals surface area contributed by atoms with Crippen LogP contribution in [0.15, 0.2) is 34.1 Å². The molecule has 0 aliphatic heterocycles. The van der Waals surface area contributed by atoms with Crippen LogP contribution in [0.1, 0.15) is 5.56 Å². The van der Waals surface area contributed by atoms with Crippen molar-refractivity contribution in [2.45, 2.75) is 16.0 Å². The summed E-state index contributed by atoms with van der Waals surface area (Å²) in [6.45, 7) is 0. The van der Waals surface area contributed by atoms with Crippen LogP contribution >= 0.6 is 0 Å². The summed E-state index contributed by atoms with van der Waals surface area (Å²) in [6, 6.07) is 1.63. The molecule has 0 amide bonds. The fourth-order valence-corrected chi connectivity index (χ4v) is 3.20. The fraction of sp³-hybridized carbons (Fsp3) is 0.0769. The molecule has 2 aromatic rings. The van der Waals surface area contributed by atoms with Gasteiger partial charge in [0.05, 0.1) is 10.5 Å². The molecule has 2 rings (SSSR count). The highest BCUT2D eigenvalue weighted by Crippen LogP contribution is 2.34. The molecule has 0 heterocycles. The Morgan fingerprint density at radius 2 is 1.21 bits per heavy atom. The molecule has 0 atom stereocenters. The molecule has 0 saturated heterocycles.